The Bertz CT molecular complexity index is 963. The third kappa shape index (κ3) is 3.26. The van der Waals surface area contributed by atoms with Crippen molar-refractivity contribution in [2.24, 2.45) is 0 Å². The van der Waals surface area contributed by atoms with Gasteiger partial charge in [-0.1, -0.05) is 30.3 Å². The number of hydrogen-bond donors (Lipinski definition) is 0. The Labute approximate surface area is 146 Å². The van der Waals surface area contributed by atoms with Gasteiger partial charge in [-0.3, -0.25) is 0 Å². The minimum Gasteiger partial charge on any atom is -0.489 e. The molecule has 4 aromatic rings. The lowest BCUT2D eigenvalue weighted by Gasteiger charge is -2.06. The number of oxazole rings is 1. The predicted octanol–water partition coefficient (Wildman–Crippen LogP) is 5.69. The van der Waals surface area contributed by atoms with Gasteiger partial charge in [-0.25, -0.2) is 4.98 Å². The second-order valence-electron chi connectivity index (χ2n) is 6.22. The zero-order valence-electron chi connectivity index (χ0n) is 14.3. The van der Waals surface area contributed by atoms with Gasteiger partial charge < -0.3 is 9.15 Å². The van der Waals surface area contributed by atoms with E-state index in [1.165, 1.54) is 11.1 Å². The summed E-state index contributed by atoms with van der Waals surface area (Å²) in [4.78, 5) is 4.60. The molecule has 1 heterocycles. The van der Waals surface area contributed by atoms with Crippen LogP contribution in [0.2, 0.25) is 0 Å². The van der Waals surface area contributed by atoms with E-state index < -0.39 is 0 Å². The summed E-state index contributed by atoms with van der Waals surface area (Å²) in [6.45, 7) is 4.72. The predicted molar refractivity (Wildman–Crippen MR) is 99.7 cm³/mol. The first kappa shape index (κ1) is 15.5. The summed E-state index contributed by atoms with van der Waals surface area (Å²) in [5, 5.41) is 0. The molecular formula is C22H19NO2. The summed E-state index contributed by atoms with van der Waals surface area (Å²) in [5.41, 5.74) is 6.23. The molecular weight excluding hydrogens is 310 g/mol. The lowest BCUT2D eigenvalue weighted by molar-refractivity contribution is 0.306. The Morgan fingerprint density at radius 1 is 0.880 bits per heavy atom. The van der Waals surface area contributed by atoms with Gasteiger partial charge in [0, 0.05) is 5.56 Å². The highest BCUT2D eigenvalue weighted by molar-refractivity contribution is 5.78. The maximum absolute atomic E-state index is 5.91. The van der Waals surface area contributed by atoms with Gasteiger partial charge in [0.2, 0.25) is 5.89 Å². The highest BCUT2D eigenvalue weighted by Gasteiger charge is 2.09. The van der Waals surface area contributed by atoms with E-state index in [1.807, 2.05) is 48.5 Å². The third-order valence-electron chi connectivity index (χ3n) is 4.35. The fraction of sp³-hybridized carbons (Fsp3) is 0.136. The number of ether oxygens (including phenoxy) is 1. The Hall–Kier alpha value is -3.07. The van der Waals surface area contributed by atoms with Crippen LogP contribution in [0.5, 0.6) is 5.75 Å². The smallest absolute Gasteiger partial charge is 0.227 e. The van der Waals surface area contributed by atoms with Crippen molar-refractivity contribution in [2.75, 3.05) is 0 Å². The van der Waals surface area contributed by atoms with Crippen LogP contribution in [0.3, 0.4) is 0 Å². The standard InChI is InChI=1S/C22H19NO2/c1-15-12-20-21(13-16(15)2)25-22(23-20)18-8-10-19(11-9-18)24-14-17-6-4-3-5-7-17/h3-13H,14H2,1-2H3. The molecule has 0 atom stereocenters. The van der Waals surface area contributed by atoms with Crippen molar-refractivity contribution in [1.82, 2.24) is 4.98 Å². The zero-order chi connectivity index (χ0) is 17.2. The van der Waals surface area contributed by atoms with Gasteiger partial charge in [-0.05, 0) is 66.9 Å². The fourth-order valence-electron chi connectivity index (χ4n) is 2.74. The molecule has 4 rings (SSSR count). The average molecular weight is 329 g/mol. The van der Waals surface area contributed by atoms with Crippen molar-refractivity contribution >= 4 is 11.1 Å². The van der Waals surface area contributed by atoms with Crippen LogP contribution >= 0.6 is 0 Å². The van der Waals surface area contributed by atoms with E-state index in [9.17, 15) is 0 Å². The van der Waals surface area contributed by atoms with Crippen LogP contribution in [-0.2, 0) is 6.61 Å². The van der Waals surface area contributed by atoms with Gasteiger partial charge in [-0.2, -0.15) is 0 Å². The summed E-state index contributed by atoms with van der Waals surface area (Å²) in [7, 11) is 0. The van der Waals surface area contributed by atoms with Crippen LogP contribution < -0.4 is 4.74 Å². The third-order valence-corrected chi connectivity index (χ3v) is 4.35. The topological polar surface area (TPSA) is 35.3 Å². The van der Waals surface area contributed by atoms with Gasteiger partial charge in [0.1, 0.15) is 17.9 Å². The van der Waals surface area contributed by atoms with Crippen LogP contribution in [0.4, 0.5) is 0 Å². The molecule has 1 aromatic heterocycles. The summed E-state index contributed by atoms with van der Waals surface area (Å²) in [6.07, 6.45) is 0. The normalized spacial score (nSPS) is 11.0. The van der Waals surface area contributed by atoms with E-state index >= 15 is 0 Å². The van der Waals surface area contributed by atoms with Crippen molar-refractivity contribution in [3.8, 4) is 17.2 Å². The molecule has 3 aromatic carbocycles. The largest absolute Gasteiger partial charge is 0.489 e. The maximum atomic E-state index is 5.91. The molecule has 0 saturated heterocycles. The van der Waals surface area contributed by atoms with E-state index in [0.29, 0.717) is 12.5 Å². The quantitative estimate of drug-likeness (QED) is 0.482. The van der Waals surface area contributed by atoms with Gasteiger partial charge in [0.05, 0.1) is 0 Å². The molecule has 0 aliphatic rings. The molecule has 25 heavy (non-hydrogen) atoms. The number of aromatic nitrogens is 1. The van der Waals surface area contributed by atoms with E-state index in [-0.39, 0.29) is 0 Å². The van der Waals surface area contributed by atoms with Gasteiger partial charge in [0.15, 0.2) is 5.58 Å². The fourth-order valence-corrected chi connectivity index (χ4v) is 2.74. The van der Waals surface area contributed by atoms with Crippen molar-refractivity contribution in [3.05, 3.63) is 83.4 Å². The number of hydrogen-bond acceptors (Lipinski definition) is 3. The number of nitrogens with zero attached hydrogens (tertiary/aromatic N) is 1. The van der Waals surface area contributed by atoms with E-state index in [4.69, 9.17) is 9.15 Å². The second-order valence-corrected chi connectivity index (χ2v) is 6.22. The lowest BCUT2D eigenvalue weighted by atomic mass is 10.1. The maximum Gasteiger partial charge on any atom is 0.227 e. The molecule has 0 unspecified atom stereocenters. The van der Waals surface area contributed by atoms with Crippen molar-refractivity contribution in [3.63, 3.8) is 0 Å². The first-order valence-corrected chi connectivity index (χ1v) is 8.34. The zero-order valence-corrected chi connectivity index (χ0v) is 14.3. The number of rotatable bonds is 4. The summed E-state index contributed by atoms with van der Waals surface area (Å²) >= 11 is 0. The highest BCUT2D eigenvalue weighted by Crippen LogP contribution is 2.27. The van der Waals surface area contributed by atoms with Crippen LogP contribution in [0.1, 0.15) is 16.7 Å². The minimum atomic E-state index is 0.557. The van der Waals surface area contributed by atoms with Crippen molar-refractivity contribution < 1.29 is 9.15 Å². The van der Waals surface area contributed by atoms with Crippen LogP contribution in [0.15, 0.2) is 71.1 Å². The second kappa shape index (κ2) is 6.44. The molecule has 0 bridgehead atoms. The molecule has 0 amide bonds. The first-order valence-electron chi connectivity index (χ1n) is 8.34. The van der Waals surface area contributed by atoms with Gasteiger partial charge in [0.25, 0.3) is 0 Å². The first-order chi connectivity index (χ1) is 12.2. The molecule has 0 N–H and O–H groups in total. The summed E-state index contributed by atoms with van der Waals surface area (Å²) in [5.74, 6) is 1.46. The summed E-state index contributed by atoms with van der Waals surface area (Å²) in [6, 6.07) is 22.1. The lowest BCUT2D eigenvalue weighted by Crippen LogP contribution is -1.94. The SMILES string of the molecule is Cc1cc2nc(-c3ccc(OCc4ccccc4)cc3)oc2cc1C. The van der Waals surface area contributed by atoms with Crippen molar-refractivity contribution in [2.45, 2.75) is 20.5 Å². The van der Waals surface area contributed by atoms with E-state index in [1.54, 1.807) is 0 Å². The molecule has 0 fully saturated rings. The van der Waals surface area contributed by atoms with Crippen LogP contribution in [-0.4, -0.2) is 4.98 Å². The molecule has 3 nitrogen and oxygen atoms in total. The number of aryl methyl sites for hydroxylation is 2. The van der Waals surface area contributed by atoms with Crippen LogP contribution in [0, 0.1) is 13.8 Å². The van der Waals surface area contributed by atoms with Crippen molar-refractivity contribution in [1.29, 1.82) is 0 Å². The number of fused-ring (bicyclic) bond motifs is 1. The van der Waals surface area contributed by atoms with Gasteiger partial charge in [-0.15, -0.1) is 0 Å². The minimum absolute atomic E-state index is 0.557. The highest BCUT2D eigenvalue weighted by atomic mass is 16.5. The molecule has 0 saturated carbocycles. The average Bonchev–Trinajstić information content (AvgIpc) is 3.04. The van der Waals surface area contributed by atoms with E-state index in [2.05, 4.69) is 37.0 Å². The Morgan fingerprint density at radius 2 is 1.60 bits per heavy atom. The van der Waals surface area contributed by atoms with Gasteiger partial charge >= 0.3 is 0 Å². The summed E-state index contributed by atoms with van der Waals surface area (Å²) < 4.78 is 11.7. The Balaban J connectivity index is 1.53. The van der Waals surface area contributed by atoms with Crippen LogP contribution in [0.25, 0.3) is 22.6 Å². The Morgan fingerprint density at radius 3 is 2.36 bits per heavy atom. The molecule has 3 heteroatoms. The Kier molecular flexibility index (Phi) is 3.98. The molecule has 0 aliphatic heterocycles. The monoisotopic (exact) mass is 329 g/mol. The number of benzene rings is 3. The molecule has 0 aliphatic carbocycles. The van der Waals surface area contributed by atoms with E-state index in [0.717, 1.165) is 28.0 Å². The molecule has 124 valence electrons. The molecule has 0 spiro atoms. The molecule has 0 radical (unpaired) electrons.